The van der Waals surface area contributed by atoms with Crippen LogP contribution in [0.3, 0.4) is 0 Å². The number of nitrogens with zero attached hydrogens (tertiary/aromatic N) is 1. The van der Waals surface area contributed by atoms with E-state index in [9.17, 15) is 9.90 Å². The summed E-state index contributed by atoms with van der Waals surface area (Å²) in [6.45, 7) is 0.656. The third-order valence-electron chi connectivity index (χ3n) is 3.06. The number of benzene rings is 1. The van der Waals surface area contributed by atoms with Crippen LogP contribution in [0.4, 0.5) is 0 Å². The van der Waals surface area contributed by atoms with Crippen molar-refractivity contribution in [2.75, 3.05) is 13.1 Å². The van der Waals surface area contributed by atoms with Gasteiger partial charge in [-0.2, -0.15) is 11.3 Å². The molecule has 0 aliphatic carbocycles. The van der Waals surface area contributed by atoms with Gasteiger partial charge in [-0.1, -0.05) is 30.3 Å². The van der Waals surface area contributed by atoms with Crippen LogP contribution >= 0.6 is 11.3 Å². The third kappa shape index (κ3) is 3.90. The lowest BCUT2D eigenvalue weighted by atomic mass is 10.1. The van der Waals surface area contributed by atoms with Crippen molar-refractivity contribution < 1.29 is 9.90 Å². The fourth-order valence-corrected chi connectivity index (χ4v) is 2.67. The van der Waals surface area contributed by atoms with Crippen LogP contribution < -0.4 is 5.73 Å². The number of carbonyl (C=O) groups is 1. The Morgan fingerprint density at radius 2 is 2.05 bits per heavy atom. The van der Waals surface area contributed by atoms with Crippen LogP contribution in [0.1, 0.15) is 17.2 Å². The highest BCUT2D eigenvalue weighted by Crippen LogP contribution is 2.18. The van der Waals surface area contributed by atoms with E-state index in [1.165, 1.54) is 11.3 Å². The van der Waals surface area contributed by atoms with Crippen molar-refractivity contribution in [3.05, 3.63) is 58.3 Å². The zero-order chi connectivity index (χ0) is 14.4. The summed E-state index contributed by atoms with van der Waals surface area (Å²) in [6.07, 6.45) is -0.680. The second kappa shape index (κ2) is 7.19. The van der Waals surface area contributed by atoms with E-state index in [0.29, 0.717) is 6.54 Å². The van der Waals surface area contributed by atoms with Crippen LogP contribution in [-0.4, -0.2) is 29.0 Å². The second-order valence-corrected chi connectivity index (χ2v) is 5.32. The van der Waals surface area contributed by atoms with Crippen molar-refractivity contribution >= 4 is 17.2 Å². The van der Waals surface area contributed by atoms with E-state index in [-0.39, 0.29) is 19.0 Å². The van der Waals surface area contributed by atoms with Gasteiger partial charge in [-0.15, -0.1) is 0 Å². The molecule has 20 heavy (non-hydrogen) atoms. The summed E-state index contributed by atoms with van der Waals surface area (Å²) in [5, 5.41) is 14.0. The lowest BCUT2D eigenvalue weighted by Gasteiger charge is -2.25. The van der Waals surface area contributed by atoms with E-state index in [4.69, 9.17) is 5.73 Å². The van der Waals surface area contributed by atoms with E-state index >= 15 is 0 Å². The predicted octanol–water partition coefficient (Wildman–Crippen LogP) is 1.77. The van der Waals surface area contributed by atoms with Gasteiger partial charge < -0.3 is 15.7 Å². The molecule has 5 heteroatoms. The first kappa shape index (κ1) is 14.7. The summed E-state index contributed by atoms with van der Waals surface area (Å²) >= 11 is 1.52. The standard InChI is InChI=1S/C15H18N2O2S/c16-8-15(19)17(9-12-4-2-1-3-5-12)10-14(18)13-6-7-20-11-13/h1-7,11,14,18H,8-10,16H2. The Bertz CT molecular complexity index is 528. The Kier molecular flexibility index (Phi) is 5.29. The first-order valence-corrected chi connectivity index (χ1v) is 7.37. The van der Waals surface area contributed by atoms with E-state index in [1.807, 2.05) is 47.2 Å². The molecule has 1 amide bonds. The molecular formula is C15H18N2O2S. The van der Waals surface area contributed by atoms with Crippen LogP contribution in [0, 0.1) is 0 Å². The van der Waals surface area contributed by atoms with Crippen molar-refractivity contribution in [1.29, 1.82) is 0 Å². The predicted molar refractivity (Wildman–Crippen MR) is 80.2 cm³/mol. The zero-order valence-corrected chi connectivity index (χ0v) is 11.9. The molecule has 0 fully saturated rings. The van der Waals surface area contributed by atoms with E-state index in [1.54, 1.807) is 4.90 Å². The van der Waals surface area contributed by atoms with Gasteiger partial charge in [0.2, 0.25) is 5.91 Å². The summed E-state index contributed by atoms with van der Waals surface area (Å²) in [7, 11) is 0. The smallest absolute Gasteiger partial charge is 0.236 e. The molecule has 1 aromatic heterocycles. The minimum atomic E-state index is -0.680. The molecule has 1 heterocycles. The zero-order valence-electron chi connectivity index (χ0n) is 11.1. The Balaban J connectivity index is 2.06. The fourth-order valence-electron chi connectivity index (χ4n) is 1.97. The molecule has 106 valence electrons. The van der Waals surface area contributed by atoms with Crippen molar-refractivity contribution in [2.24, 2.45) is 5.73 Å². The molecule has 3 N–H and O–H groups in total. The maximum atomic E-state index is 11.9. The Morgan fingerprint density at radius 3 is 2.65 bits per heavy atom. The highest BCUT2D eigenvalue weighted by molar-refractivity contribution is 7.07. The number of nitrogens with two attached hydrogens (primary N) is 1. The number of hydrogen-bond donors (Lipinski definition) is 2. The number of rotatable bonds is 6. The Hall–Kier alpha value is -1.69. The van der Waals surface area contributed by atoms with Gasteiger partial charge in [0.05, 0.1) is 19.2 Å². The third-order valence-corrected chi connectivity index (χ3v) is 3.77. The summed E-state index contributed by atoms with van der Waals surface area (Å²) < 4.78 is 0. The number of thiophene rings is 1. The topological polar surface area (TPSA) is 66.6 Å². The van der Waals surface area contributed by atoms with Crippen molar-refractivity contribution in [2.45, 2.75) is 12.6 Å². The maximum Gasteiger partial charge on any atom is 0.236 e. The molecule has 2 rings (SSSR count). The van der Waals surface area contributed by atoms with Crippen LogP contribution in [0.25, 0.3) is 0 Å². The Labute approximate surface area is 122 Å². The molecule has 1 unspecified atom stereocenters. The molecule has 2 aromatic rings. The molecule has 0 spiro atoms. The van der Waals surface area contributed by atoms with Gasteiger partial charge in [-0.05, 0) is 28.0 Å². The summed E-state index contributed by atoms with van der Waals surface area (Å²) in [5.41, 5.74) is 7.30. The summed E-state index contributed by atoms with van der Waals surface area (Å²) in [4.78, 5) is 13.5. The van der Waals surface area contributed by atoms with Gasteiger partial charge in [0.25, 0.3) is 0 Å². The first-order valence-electron chi connectivity index (χ1n) is 6.42. The number of amides is 1. The van der Waals surface area contributed by atoms with Crippen LogP contribution in [0.15, 0.2) is 47.2 Å². The number of aliphatic hydroxyl groups excluding tert-OH is 1. The second-order valence-electron chi connectivity index (χ2n) is 4.54. The van der Waals surface area contributed by atoms with Crippen LogP contribution in [0.5, 0.6) is 0 Å². The molecule has 0 aliphatic heterocycles. The average Bonchev–Trinajstić information content (AvgIpc) is 3.01. The van der Waals surface area contributed by atoms with Gasteiger partial charge in [0.1, 0.15) is 0 Å². The number of carbonyl (C=O) groups excluding carboxylic acids is 1. The molecular weight excluding hydrogens is 272 g/mol. The normalized spacial score (nSPS) is 12.1. The molecule has 0 radical (unpaired) electrons. The minimum absolute atomic E-state index is 0.0524. The van der Waals surface area contributed by atoms with Crippen LogP contribution in [-0.2, 0) is 11.3 Å². The summed E-state index contributed by atoms with van der Waals surface area (Å²) in [6, 6.07) is 11.6. The lowest BCUT2D eigenvalue weighted by molar-refractivity contribution is -0.131. The molecule has 1 atom stereocenters. The SMILES string of the molecule is NCC(=O)N(Cc1ccccc1)CC(O)c1ccsc1. The Morgan fingerprint density at radius 1 is 1.30 bits per heavy atom. The quantitative estimate of drug-likeness (QED) is 0.852. The van der Waals surface area contributed by atoms with Crippen molar-refractivity contribution in [1.82, 2.24) is 4.90 Å². The monoisotopic (exact) mass is 290 g/mol. The van der Waals surface area contributed by atoms with Crippen LogP contribution in [0.2, 0.25) is 0 Å². The van der Waals surface area contributed by atoms with Crippen molar-refractivity contribution in [3.8, 4) is 0 Å². The first-order chi connectivity index (χ1) is 9.70. The van der Waals surface area contributed by atoms with Gasteiger partial charge >= 0.3 is 0 Å². The van der Waals surface area contributed by atoms with E-state index in [2.05, 4.69) is 0 Å². The molecule has 0 aliphatic rings. The van der Waals surface area contributed by atoms with Gasteiger partial charge in [-0.25, -0.2) is 0 Å². The van der Waals surface area contributed by atoms with Gasteiger partial charge in [0.15, 0.2) is 0 Å². The lowest BCUT2D eigenvalue weighted by Crippen LogP contribution is -2.38. The molecule has 4 nitrogen and oxygen atoms in total. The van der Waals surface area contributed by atoms with Gasteiger partial charge in [0, 0.05) is 6.54 Å². The number of aliphatic hydroxyl groups is 1. The summed E-state index contributed by atoms with van der Waals surface area (Å²) in [5.74, 6) is -0.164. The molecule has 0 saturated heterocycles. The van der Waals surface area contributed by atoms with Gasteiger partial charge in [-0.3, -0.25) is 4.79 Å². The molecule has 0 bridgehead atoms. The van der Waals surface area contributed by atoms with E-state index in [0.717, 1.165) is 11.1 Å². The maximum absolute atomic E-state index is 11.9. The van der Waals surface area contributed by atoms with E-state index < -0.39 is 6.10 Å². The highest BCUT2D eigenvalue weighted by atomic mass is 32.1. The molecule has 0 saturated carbocycles. The van der Waals surface area contributed by atoms with Crippen molar-refractivity contribution in [3.63, 3.8) is 0 Å². The molecule has 1 aromatic carbocycles. The highest BCUT2D eigenvalue weighted by Gasteiger charge is 2.18. The average molecular weight is 290 g/mol. The largest absolute Gasteiger partial charge is 0.387 e. The minimum Gasteiger partial charge on any atom is -0.387 e. The number of hydrogen-bond acceptors (Lipinski definition) is 4. The fraction of sp³-hybridized carbons (Fsp3) is 0.267.